The second-order valence-corrected chi connectivity index (χ2v) is 3.47. The number of fused-ring (bicyclic) bond motifs is 1. The summed E-state index contributed by atoms with van der Waals surface area (Å²) < 4.78 is 4.67. The molecule has 1 saturated heterocycles. The van der Waals surface area contributed by atoms with Gasteiger partial charge in [0.2, 0.25) is 0 Å². The van der Waals surface area contributed by atoms with Gasteiger partial charge in [-0.1, -0.05) is 6.08 Å². The second-order valence-electron chi connectivity index (χ2n) is 3.47. The predicted molar refractivity (Wildman–Crippen MR) is 51.8 cm³/mol. The fourth-order valence-electron chi connectivity index (χ4n) is 2.06. The number of nitrogens with one attached hydrogen (secondary N) is 1. The highest BCUT2D eigenvalue weighted by atomic mass is 35.5. The highest BCUT2D eigenvalue weighted by Crippen LogP contribution is 2.33. The smallest absolute Gasteiger partial charge is 0.333 e. The van der Waals surface area contributed by atoms with E-state index in [1.165, 1.54) is 7.11 Å². The quantitative estimate of drug-likeness (QED) is 0.640. The van der Waals surface area contributed by atoms with Crippen LogP contribution >= 0.6 is 12.4 Å². The maximum Gasteiger partial charge on any atom is 0.333 e. The highest BCUT2D eigenvalue weighted by Gasteiger charge is 2.33. The fourth-order valence-corrected chi connectivity index (χ4v) is 2.06. The minimum atomic E-state index is -0.149. The minimum Gasteiger partial charge on any atom is -0.466 e. The molecule has 2 rings (SSSR count). The zero-order chi connectivity index (χ0) is 8.55. The lowest BCUT2D eigenvalue weighted by Crippen LogP contribution is -2.11. The first-order valence-electron chi connectivity index (χ1n) is 4.31. The van der Waals surface area contributed by atoms with E-state index >= 15 is 0 Å². The van der Waals surface area contributed by atoms with Gasteiger partial charge in [0, 0.05) is 12.1 Å². The summed E-state index contributed by atoms with van der Waals surface area (Å²) in [4.78, 5) is 11.1. The number of ether oxygens (including phenoxy) is 1. The van der Waals surface area contributed by atoms with E-state index in [0.29, 0.717) is 11.8 Å². The molecule has 1 aliphatic carbocycles. The molecular formula is C9H14ClNO2. The lowest BCUT2D eigenvalue weighted by Gasteiger charge is -2.04. The number of esters is 1. The van der Waals surface area contributed by atoms with Gasteiger partial charge < -0.3 is 10.1 Å². The van der Waals surface area contributed by atoms with E-state index in [1.54, 1.807) is 0 Å². The number of halogens is 1. The Kier molecular flexibility index (Phi) is 3.33. The van der Waals surface area contributed by atoms with E-state index in [0.717, 1.165) is 25.1 Å². The average molecular weight is 204 g/mol. The lowest BCUT2D eigenvalue weighted by molar-refractivity contribution is -0.136. The summed E-state index contributed by atoms with van der Waals surface area (Å²) in [7, 11) is 1.44. The zero-order valence-electron chi connectivity index (χ0n) is 7.58. The molecule has 1 aliphatic heterocycles. The van der Waals surface area contributed by atoms with Crippen molar-refractivity contribution in [1.29, 1.82) is 0 Å². The third-order valence-electron chi connectivity index (χ3n) is 2.74. The van der Waals surface area contributed by atoms with Crippen LogP contribution in [0.2, 0.25) is 0 Å². The third-order valence-corrected chi connectivity index (χ3v) is 2.74. The van der Waals surface area contributed by atoms with Crippen LogP contribution < -0.4 is 5.32 Å². The van der Waals surface area contributed by atoms with E-state index in [-0.39, 0.29) is 18.4 Å². The summed E-state index contributed by atoms with van der Waals surface area (Å²) in [5.74, 6) is 1.06. The molecule has 0 aromatic heterocycles. The third kappa shape index (κ3) is 1.86. The predicted octanol–water partition coefficient (Wildman–Crippen LogP) is 0.747. The first-order valence-corrected chi connectivity index (χ1v) is 4.31. The van der Waals surface area contributed by atoms with Crippen molar-refractivity contribution in [1.82, 2.24) is 5.32 Å². The molecule has 0 amide bonds. The summed E-state index contributed by atoms with van der Waals surface area (Å²) in [6.07, 6.45) is 2.96. The summed E-state index contributed by atoms with van der Waals surface area (Å²) >= 11 is 0. The van der Waals surface area contributed by atoms with Crippen molar-refractivity contribution in [3.05, 3.63) is 11.6 Å². The van der Waals surface area contributed by atoms with Gasteiger partial charge in [-0.25, -0.2) is 4.79 Å². The maximum absolute atomic E-state index is 11.1. The monoisotopic (exact) mass is 203 g/mol. The van der Waals surface area contributed by atoms with Gasteiger partial charge in [0.25, 0.3) is 0 Å². The Bertz CT molecular complexity index is 240. The van der Waals surface area contributed by atoms with Gasteiger partial charge in [-0.15, -0.1) is 12.4 Å². The van der Waals surface area contributed by atoms with Gasteiger partial charge in [-0.2, -0.15) is 0 Å². The molecule has 0 aromatic rings. The maximum atomic E-state index is 11.1. The molecule has 0 aromatic carbocycles. The van der Waals surface area contributed by atoms with Gasteiger partial charge in [-0.05, 0) is 24.8 Å². The number of hydrogen-bond donors (Lipinski definition) is 1. The molecule has 74 valence electrons. The SMILES string of the molecule is COC(=O)C1=CC2CNCC2C1.Cl. The van der Waals surface area contributed by atoms with E-state index in [9.17, 15) is 4.79 Å². The van der Waals surface area contributed by atoms with Crippen molar-refractivity contribution in [2.24, 2.45) is 11.8 Å². The Balaban J connectivity index is 0.000000845. The van der Waals surface area contributed by atoms with Gasteiger partial charge >= 0.3 is 5.97 Å². The molecule has 1 N–H and O–H groups in total. The van der Waals surface area contributed by atoms with Gasteiger partial charge in [0.1, 0.15) is 0 Å². The lowest BCUT2D eigenvalue weighted by atomic mass is 10.00. The largest absolute Gasteiger partial charge is 0.466 e. The second kappa shape index (κ2) is 4.11. The van der Waals surface area contributed by atoms with Crippen LogP contribution in [0.15, 0.2) is 11.6 Å². The Morgan fingerprint density at radius 1 is 1.62 bits per heavy atom. The summed E-state index contributed by atoms with van der Waals surface area (Å²) in [6, 6.07) is 0. The number of hydrogen-bond acceptors (Lipinski definition) is 3. The summed E-state index contributed by atoms with van der Waals surface area (Å²) in [5.41, 5.74) is 0.869. The van der Waals surface area contributed by atoms with Gasteiger partial charge in [-0.3, -0.25) is 0 Å². The van der Waals surface area contributed by atoms with E-state index in [4.69, 9.17) is 0 Å². The number of rotatable bonds is 1. The topological polar surface area (TPSA) is 38.3 Å². The first kappa shape index (κ1) is 10.5. The fraction of sp³-hybridized carbons (Fsp3) is 0.667. The molecule has 2 atom stereocenters. The van der Waals surface area contributed by atoms with Crippen LogP contribution in [-0.2, 0) is 9.53 Å². The molecule has 1 heterocycles. The number of carbonyl (C=O) groups excluding carboxylic acids is 1. The van der Waals surface area contributed by atoms with E-state index in [2.05, 4.69) is 16.1 Å². The molecule has 13 heavy (non-hydrogen) atoms. The van der Waals surface area contributed by atoms with E-state index < -0.39 is 0 Å². The molecular weight excluding hydrogens is 190 g/mol. The number of carbonyl (C=O) groups is 1. The summed E-state index contributed by atoms with van der Waals surface area (Å²) in [5, 5.41) is 3.31. The van der Waals surface area contributed by atoms with Crippen LogP contribution in [0.4, 0.5) is 0 Å². The van der Waals surface area contributed by atoms with Gasteiger partial charge in [0.15, 0.2) is 0 Å². The normalized spacial score (nSPS) is 30.4. The molecule has 0 bridgehead atoms. The van der Waals surface area contributed by atoms with Crippen molar-refractivity contribution in [3.8, 4) is 0 Å². The number of methoxy groups -OCH3 is 1. The minimum absolute atomic E-state index is 0. The molecule has 2 aliphatic rings. The zero-order valence-corrected chi connectivity index (χ0v) is 8.39. The molecule has 2 unspecified atom stereocenters. The molecule has 4 heteroatoms. The Labute approximate surface area is 83.9 Å². The van der Waals surface area contributed by atoms with Crippen LogP contribution in [0.25, 0.3) is 0 Å². The Morgan fingerprint density at radius 2 is 2.38 bits per heavy atom. The molecule has 3 nitrogen and oxygen atoms in total. The van der Waals surface area contributed by atoms with Crippen molar-refractivity contribution < 1.29 is 9.53 Å². The Morgan fingerprint density at radius 3 is 3.00 bits per heavy atom. The molecule has 1 fully saturated rings. The highest BCUT2D eigenvalue weighted by molar-refractivity contribution is 5.89. The first-order chi connectivity index (χ1) is 5.81. The van der Waals surface area contributed by atoms with Crippen LogP contribution in [0.1, 0.15) is 6.42 Å². The van der Waals surface area contributed by atoms with Crippen LogP contribution in [-0.4, -0.2) is 26.2 Å². The van der Waals surface area contributed by atoms with Crippen LogP contribution in [0, 0.1) is 11.8 Å². The Hall–Kier alpha value is -0.540. The average Bonchev–Trinajstić information content (AvgIpc) is 2.60. The summed E-state index contributed by atoms with van der Waals surface area (Å²) in [6.45, 7) is 2.06. The van der Waals surface area contributed by atoms with Crippen molar-refractivity contribution in [2.75, 3.05) is 20.2 Å². The molecule has 0 spiro atoms. The molecule has 0 saturated carbocycles. The van der Waals surface area contributed by atoms with Crippen molar-refractivity contribution in [2.45, 2.75) is 6.42 Å². The molecule has 0 radical (unpaired) electrons. The van der Waals surface area contributed by atoms with Crippen LogP contribution in [0.3, 0.4) is 0 Å². The van der Waals surface area contributed by atoms with Crippen molar-refractivity contribution >= 4 is 18.4 Å². The van der Waals surface area contributed by atoms with Crippen molar-refractivity contribution in [3.63, 3.8) is 0 Å². The van der Waals surface area contributed by atoms with Crippen LogP contribution in [0.5, 0.6) is 0 Å². The standard InChI is InChI=1S/C9H13NO2.ClH/c1-12-9(11)6-2-7-4-10-5-8(7)3-6;/h2,7-8,10H,3-5H2,1H3;1H. The van der Waals surface area contributed by atoms with E-state index in [1.807, 2.05) is 0 Å². The van der Waals surface area contributed by atoms with Gasteiger partial charge in [0.05, 0.1) is 7.11 Å².